The Hall–Kier alpha value is -4.08. The molecular weight excluding hydrogens is 526 g/mol. The van der Waals surface area contributed by atoms with Gasteiger partial charge in [0, 0.05) is 49.6 Å². The van der Waals surface area contributed by atoms with Crippen molar-refractivity contribution in [2.75, 3.05) is 23.3 Å². The molecule has 1 fully saturated rings. The van der Waals surface area contributed by atoms with Crippen LogP contribution in [0.1, 0.15) is 80.4 Å². The number of anilines is 2. The molecule has 0 bridgehead atoms. The van der Waals surface area contributed by atoms with E-state index in [1.54, 1.807) is 6.21 Å². The van der Waals surface area contributed by atoms with Gasteiger partial charge in [0.1, 0.15) is 11.6 Å². The van der Waals surface area contributed by atoms with Gasteiger partial charge in [-0.3, -0.25) is 0 Å². The van der Waals surface area contributed by atoms with E-state index in [1.165, 1.54) is 18.3 Å². The average Bonchev–Trinajstić information content (AvgIpc) is 3.28. The molecule has 1 aromatic carbocycles. The number of aromatic carboxylic acids is 1. The number of unbranched alkanes of at least 4 members (excludes halogenated alkanes) is 2. The molecule has 41 heavy (non-hydrogen) atoms. The first-order valence-corrected chi connectivity index (χ1v) is 14.2. The number of carboxylic acids is 1. The second-order valence-corrected chi connectivity index (χ2v) is 10.8. The number of hydrogen-bond donors (Lipinski definition) is 2. The molecule has 1 aliphatic rings. The van der Waals surface area contributed by atoms with E-state index in [2.05, 4.69) is 52.5 Å². The molecule has 0 amide bonds. The minimum Gasteiger partial charge on any atom is -0.478 e. The second-order valence-electron chi connectivity index (χ2n) is 10.8. The Bertz CT molecular complexity index is 1390. The quantitative estimate of drug-likeness (QED) is 0.177. The predicted molar refractivity (Wildman–Crippen MR) is 159 cm³/mol. The maximum atomic E-state index is 15.5. The molecule has 3 aromatic rings. The molecule has 10 heteroatoms. The van der Waals surface area contributed by atoms with E-state index in [9.17, 15) is 9.18 Å². The molecule has 0 radical (unpaired) electrons. The van der Waals surface area contributed by atoms with Crippen molar-refractivity contribution >= 4 is 35.3 Å². The lowest BCUT2D eigenvalue weighted by Gasteiger charge is -2.33. The summed E-state index contributed by atoms with van der Waals surface area (Å²) in [6, 6.07) is 3.49. The van der Waals surface area contributed by atoms with Crippen LogP contribution in [-0.4, -0.2) is 44.9 Å². The Balaban J connectivity index is 1.54. The van der Waals surface area contributed by atoms with Crippen molar-refractivity contribution in [1.82, 2.24) is 14.5 Å². The van der Waals surface area contributed by atoms with Crippen molar-refractivity contribution in [2.45, 2.75) is 65.3 Å². The number of piperidine rings is 1. The summed E-state index contributed by atoms with van der Waals surface area (Å²) in [4.78, 5) is 27.1. The first-order valence-electron chi connectivity index (χ1n) is 14.2. The lowest BCUT2D eigenvalue weighted by molar-refractivity contribution is 0.0696. The number of aromatic nitrogens is 3. The van der Waals surface area contributed by atoms with Gasteiger partial charge in [0.15, 0.2) is 5.82 Å². The van der Waals surface area contributed by atoms with Crippen LogP contribution in [0.25, 0.3) is 5.70 Å². The van der Waals surface area contributed by atoms with Crippen molar-refractivity contribution in [2.24, 2.45) is 10.9 Å². The highest BCUT2D eigenvalue weighted by Gasteiger charge is 2.27. The second kappa shape index (κ2) is 13.5. The van der Waals surface area contributed by atoms with Crippen LogP contribution in [0.5, 0.6) is 0 Å². The van der Waals surface area contributed by atoms with E-state index in [0.717, 1.165) is 50.2 Å². The zero-order valence-corrected chi connectivity index (χ0v) is 23.9. The van der Waals surface area contributed by atoms with Crippen LogP contribution in [0.3, 0.4) is 0 Å². The third kappa shape index (κ3) is 7.36. The Morgan fingerprint density at radius 3 is 2.54 bits per heavy atom. The summed E-state index contributed by atoms with van der Waals surface area (Å²) in [5, 5.41) is 11.9. The molecule has 1 aliphatic heterocycles. The molecule has 8 nitrogen and oxygen atoms in total. The third-order valence-corrected chi connectivity index (χ3v) is 7.14. The maximum Gasteiger partial charge on any atom is 0.335 e. The molecule has 4 rings (SSSR count). The lowest BCUT2D eigenvalue weighted by Crippen LogP contribution is -2.35. The smallest absolute Gasteiger partial charge is 0.335 e. The van der Waals surface area contributed by atoms with Crippen molar-refractivity contribution in [3.8, 4) is 0 Å². The number of hydrogen-bond acceptors (Lipinski definition) is 6. The summed E-state index contributed by atoms with van der Waals surface area (Å²) in [6.07, 6.45) is 12.1. The molecule has 0 atom stereocenters. The predicted octanol–water partition coefficient (Wildman–Crippen LogP) is 7.27. The number of rotatable bonds is 12. The zero-order chi connectivity index (χ0) is 29.5. The summed E-state index contributed by atoms with van der Waals surface area (Å²) < 4.78 is 32.0. The first-order chi connectivity index (χ1) is 19.7. The first kappa shape index (κ1) is 29.9. The number of halogens is 2. The number of carbonyl (C=O) groups is 1. The van der Waals surface area contributed by atoms with Crippen molar-refractivity contribution in [3.63, 3.8) is 0 Å². The van der Waals surface area contributed by atoms with Gasteiger partial charge in [0.25, 0.3) is 0 Å². The fourth-order valence-electron chi connectivity index (χ4n) is 5.03. The molecule has 218 valence electrons. The summed E-state index contributed by atoms with van der Waals surface area (Å²) in [6.45, 7) is 11.8. The van der Waals surface area contributed by atoms with Gasteiger partial charge in [-0.05, 0) is 61.8 Å². The van der Waals surface area contributed by atoms with Gasteiger partial charge in [-0.1, -0.05) is 33.8 Å². The Morgan fingerprint density at radius 1 is 1.22 bits per heavy atom. The van der Waals surface area contributed by atoms with E-state index in [0.29, 0.717) is 30.8 Å². The van der Waals surface area contributed by atoms with Gasteiger partial charge < -0.3 is 19.9 Å². The SMILES string of the molecule is C=C(Nc1ccc(C(=O)O)cc1F)c1c(F)cn(C2CCN(c3ncc(CC(C)C)cn3)CC2)c1/N=C\CCCC. The standard InChI is InChI=1S/C31H38F2N6O2/c1-5-6-7-12-34-29-28(21(4)37-27-9-8-23(30(40)41)16-25(27)32)26(33)19-39(29)24-10-13-38(14-11-24)31-35-17-22(18-36-31)15-20(2)3/h8-9,12,16-20,24,37H,4-7,10-11,13-15H2,1-3H3,(H,40,41)/b34-12-. The van der Waals surface area contributed by atoms with Crippen LogP contribution in [0.2, 0.25) is 0 Å². The highest BCUT2D eigenvalue weighted by atomic mass is 19.1. The van der Waals surface area contributed by atoms with E-state index in [-0.39, 0.29) is 28.6 Å². The van der Waals surface area contributed by atoms with Crippen LogP contribution < -0.4 is 10.2 Å². The highest BCUT2D eigenvalue weighted by Crippen LogP contribution is 2.37. The number of nitrogens with one attached hydrogen (secondary N) is 1. The van der Waals surface area contributed by atoms with Crippen molar-refractivity contribution in [1.29, 1.82) is 0 Å². The van der Waals surface area contributed by atoms with Gasteiger partial charge in [-0.25, -0.2) is 28.5 Å². The minimum absolute atomic E-state index is 0.000725. The third-order valence-electron chi connectivity index (χ3n) is 7.14. The van der Waals surface area contributed by atoms with Crippen LogP contribution >= 0.6 is 0 Å². The molecule has 1 saturated heterocycles. The van der Waals surface area contributed by atoms with E-state index in [1.807, 2.05) is 17.0 Å². The molecule has 0 unspecified atom stereocenters. The Kier molecular flexibility index (Phi) is 9.86. The molecule has 2 aromatic heterocycles. The largest absolute Gasteiger partial charge is 0.478 e. The Labute approximate surface area is 239 Å². The molecular formula is C31H38F2N6O2. The van der Waals surface area contributed by atoms with Crippen molar-refractivity contribution < 1.29 is 18.7 Å². The molecule has 0 spiro atoms. The fraction of sp³-hybridized carbons (Fsp3) is 0.419. The van der Waals surface area contributed by atoms with Gasteiger partial charge in [-0.2, -0.15) is 0 Å². The summed E-state index contributed by atoms with van der Waals surface area (Å²) in [7, 11) is 0. The normalized spacial score (nSPS) is 14.2. The topological polar surface area (TPSA) is 95.6 Å². The number of benzene rings is 1. The average molecular weight is 565 g/mol. The molecule has 3 heterocycles. The van der Waals surface area contributed by atoms with Crippen LogP contribution in [-0.2, 0) is 6.42 Å². The minimum atomic E-state index is -1.23. The maximum absolute atomic E-state index is 15.5. The zero-order valence-electron chi connectivity index (χ0n) is 23.9. The molecule has 0 aliphatic carbocycles. The van der Waals surface area contributed by atoms with Crippen LogP contribution in [0, 0.1) is 17.6 Å². The van der Waals surface area contributed by atoms with Gasteiger partial charge in [0.05, 0.1) is 16.8 Å². The fourth-order valence-corrected chi connectivity index (χ4v) is 5.03. The number of carboxylic acid groups (broad SMARTS) is 1. The van der Waals surface area contributed by atoms with Gasteiger partial charge in [-0.15, -0.1) is 0 Å². The van der Waals surface area contributed by atoms with Crippen LogP contribution in [0.15, 0.2) is 48.4 Å². The summed E-state index contributed by atoms with van der Waals surface area (Å²) >= 11 is 0. The van der Waals surface area contributed by atoms with E-state index in [4.69, 9.17) is 5.11 Å². The highest BCUT2D eigenvalue weighted by molar-refractivity contribution is 5.89. The van der Waals surface area contributed by atoms with E-state index >= 15 is 4.39 Å². The van der Waals surface area contributed by atoms with Gasteiger partial charge in [0.2, 0.25) is 5.95 Å². The molecule has 2 N–H and O–H groups in total. The van der Waals surface area contributed by atoms with Crippen molar-refractivity contribution in [3.05, 3.63) is 71.7 Å². The summed E-state index contributed by atoms with van der Waals surface area (Å²) in [5.41, 5.74) is 1.23. The van der Waals surface area contributed by atoms with Gasteiger partial charge >= 0.3 is 5.97 Å². The molecule has 0 saturated carbocycles. The number of nitrogens with zero attached hydrogens (tertiary/aromatic N) is 5. The summed E-state index contributed by atoms with van der Waals surface area (Å²) in [5.74, 6) is -0.867. The Morgan fingerprint density at radius 2 is 1.93 bits per heavy atom. The lowest BCUT2D eigenvalue weighted by atomic mass is 10.0. The van der Waals surface area contributed by atoms with Crippen LogP contribution in [0.4, 0.5) is 26.2 Å². The number of aliphatic imine (C=N–C) groups is 1. The van der Waals surface area contributed by atoms with E-state index < -0.39 is 17.6 Å². The monoisotopic (exact) mass is 564 g/mol.